The van der Waals surface area contributed by atoms with Gasteiger partial charge in [-0.15, -0.1) is 0 Å². The monoisotopic (exact) mass is 500 g/mol. The maximum atomic E-state index is 13.8. The molecular weight excluding hydrogens is 464 g/mol. The molecule has 0 aromatic heterocycles. The van der Waals surface area contributed by atoms with E-state index in [4.69, 9.17) is 9.47 Å². The topological polar surface area (TPSA) is 67.9 Å². The van der Waals surface area contributed by atoms with Crippen molar-refractivity contribution < 1.29 is 19.1 Å². The van der Waals surface area contributed by atoms with Crippen LogP contribution in [0, 0.1) is 11.3 Å². The number of nitrogens with one attached hydrogen (secondary N) is 1. The predicted octanol–water partition coefficient (Wildman–Crippen LogP) is 6.30. The van der Waals surface area contributed by atoms with Gasteiger partial charge in [0.1, 0.15) is 12.4 Å². The zero-order valence-electron chi connectivity index (χ0n) is 22.2. The van der Waals surface area contributed by atoms with E-state index < -0.39 is 18.1 Å². The Labute approximate surface area is 219 Å². The molecule has 6 nitrogen and oxygen atoms in total. The van der Waals surface area contributed by atoms with Crippen molar-refractivity contribution in [3.05, 3.63) is 102 Å². The van der Waals surface area contributed by atoms with Crippen molar-refractivity contribution in [2.24, 2.45) is 11.3 Å². The molecule has 3 aromatic rings. The van der Waals surface area contributed by atoms with Gasteiger partial charge >= 0.3 is 6.09 Å². The Balaban J connectivity index is 1.59. The van der Waals surface area contributed by atoms with E-state index in [1.807, 2.05) is 118 Å². The maximum absolute atomic E-state index is 13.8. The number of methoxy groups -OCH3 is 1. The van der Waals surface area contributed by atoms with Crippen molar-refractivity contribution in [3.8, 4) is 5.75 Å². The standard InChI is InChI=1S/C31H36N2O4/c1-21(23-16-18-25(36-5)19-17-23)33-27(24-14-10-7-11-15-24)26(29(33)34)28(31(2,3)4)32-30(35)37-20-22-12-8-6-9-13-22/h6-19,21,26-28H,20H2,1-5H3,(H,32,35)/t21-,26-,27+,28-/m0/s1. The van der Waals surface area contributed by atoms with Gasteiger partial charge in [-0.3, -0.25) is 4.79 Å². The number of rotatable bonds is 8. The number of carbonyl (C=O) groups is 2. The molecule has 3 aromatic carbocycles. The van der Waals surface area contributed by atoms with Gasteiger partial charge in [-0.05, 0) is 41.2 Å². The van der Waals surface area contributed by atoms with Gasteiger partial charge in [-0.25, -0.2) is 4.79 Å². The summed E-state index contributed by atoms with van der Waals surface area (Å²) in [6.07, 6.45) is -0.523. The van der Waals surface area contributed by atoms with Crippen LogP contribution in [-0.2, 0) is 16.1 Å². The molecule has 37 heavy (non-hydrogen) atoms. The van der Waals surface area contributed by atoms with E-state index in [1.54, 1.807) is 7.11 Å². The van der Waals surface area contributed by atoms with Gasteiger partial charge in [0, 0.05) is 0 Å². The van der Waals surface area contributed by atoms with Crippen LogP contribution < -0.4 is 10.1 Å². The first-order valence-electron chi connectivity index (χ1n) is 12.7. The van der Waals surface area contributed by atoms with Gasteiger partial charge < -0.3 is 19.7 Å². The summed E-state index contributed by atoms with van der Waals surface area (Å²) in [6, 6.07) is 26.6. The Hall–Kier alpha value is -3.80. The van der Waals surface area contributed by atoms with Crippen LogP contribution in [0.15, 0.2) is 84.9 Å². The summed E-state index contributed by atoms with van der Waals surface area (Å²) < 4.78 is 10.8. The molecule has 1 N–H and O–H groups in total. The summed E-state index contributed by atoms with van der Waals surface area (Å²) >= 11 is 0. The van der Waals surface area contributed by atoms with Crippen molar-refractivity contribution in [1.29, 1.82) is 0 Å². The quantitative estimate of drug-likeness (QED) is 0.369. The van der Waals surface area contributed by atoms with Crippen molar-refractivity contribution in [2.45, 2.75) is 52.4 Å². The number of carbonyl (C=O) groups excluding carboxylic acids is 2. The lowest BCUT2D eigenvalue weighted by atomic mass is 9.68. The summed E-state index contributed by atoms with van der Waals surface area (Å²) in [5, 5.41) is 3.05. The van der Waals surface area contributed by atoms with Gasteiger partial charge in [-0.2, -0.15) is 0 Å². The van der Waals surface area contributed by atoms with Gasteiger partial charge in [-0.1, -0.05) is 93.6 Å². The normalized spacial score (nSPS) is 18.9. The molecule has 0 bridgehead atoms. The minimum Gasteiger partial charge on any atom is -0.497 e. The second-order valence-corrected chi connectivity index (χ2v) is 10.6. The summed E-state index contributed by atoms with van der Waals surface area (Å²) in [5.74, 6) is 0.363. The fraction of sp³-hybridized carbons (Fsp3) is 0.355. The first-order valence-corrected chi connectivity index (χ1v) is 12.7. The first-order chi connectivity index (χ1) is 17.7. The van der Waals surface area contributed by atoms with Crippen molar-refractivity contribution in [2.75, 3.05) is 7.11 Å². The van der Waals surface area contributed by atoms with Crippen LogP contribution in [0.4, 0.5) is 4.79 Å². The van der Waals surface area contributed by atoms with Crippen LogP contribution >= 0.6 is 0 Å². The Morgan fingerprint density at radius 2 is 1.54 bits per heavy atom. The molecule has 0 saturated carbocycles. The number of nitrogens with zero attached hydrogens (tertiary/aromatic N) is 1. The number of hydrogen-bond donors (Lipinski definition) is 1. The molecule has 4 rings (SSSR count). The Kier molecular flexibility index (Phi) is 7.86. The molecule has 4 atom stereocenters. The molecule has 1 aliphatic rings. The number of likely N-dealkylation sites (tertiary alicyclic amines) is 1. The number of ether oxygens (including phenoxy) is 2. The average Bonchev–Trinajstić information content (AvgIpc) is 2.90. The molecule has 2 amide bonds. The summed E-state index contributed by atoms with van der Waals surface area (Å²) in [6.45, 7) is 8.34. The van der Waals surface area contributed by atoms with Crippen LogP contribution in [-0.4, -0.2) is 30.1 Å². The fourth-order valence-corrected chi connectivity index (χ4v) is 5.09. The highest BCUT2D eigenvalue weighted by Crippen LogP contribution is 2.49. The van der Waals surface area contributed by atoms with Crippen LogP contribution in [0.2, 0.25) is 0 Å². The Morgan fingerprint density at radius 3 is 2.11 bits per heavy atom. The van der Waals surface area contributed by atoms with Crippen LogP contribution in [0.5, 0.6) is 5.75 Å². The summed E-state index contributed by atoms with van der Waals surface area (Å²) in [5.41, 5.74) is 2.60. The fourth-order valence-electron chi connectivity index (χ4n) is 5.09. The Bertz CT molecular complexity index is 1190. The average molecular weight is 501 g/mol. The number of β-lactam (4-membered cyclic amide) rings is 1. The smallest absolute Gasteiger partial charge is 0.407 e. The van der Waals surface area contributed by atoms with Crippen LogP contribution in [0.1, 0.15) is 56.5 Å². The second-order valence-electron chi connectivity index (χ2n) is 10.6. The molecule has 0 radical (unpaired) electrons. The summed E-state index contributed by atoms with van der Waals surface area (Å²) in [4.78, 5) is 28.7. The van der Waals surface area contributed by atoms with E-state index >= 15 is 0 Å². The zero-order chi connectivity index (χ0) is 26.6. The molecule has 1 saturated heterocycles. The zero-order valence-corrected chi connectivity index (χ0v) is 22.2. The third-order valence-electron chi connectivity index (χ3n) is 7.11. The van der Waals surface area contributed by atoms with E-state index in [0.717, 1.165) is 22.4 Å². The summed E-state index contributed by atoms with van der Waals surface area (Å²) in [7, 11) is 1.64. The lowest BCUT2D eigenvalue weighted by molar-refractivity contribution is -0.166. The van der Waals surface area contributed by atoms with Crippen LogP contribution in [0.3, 0.4) is 0 Å². The lowest BCUT2D eigenvalue weighted by Gasteiger charge is -2.55. The molecule has 0 spiro atoms. The van der Waals surface area contributed by atoms with Crippen molar-refractivity contribution >= 4 is 12.0 Å². The first kappa shape index (κ1) is 26.3. The molecule has 194 valence electrons. The highest BCUT2D eigenvalue weighted by Gasteiger charge is 2.56. The highest BCUT2D eigenvalue weighted by molar-refractivity contribution is 5.88. The Morgan fingerprint density at radius 1 is 0.946 bits per heavy atom. The van der Waals surface area contributed by atoms with E-state index in [1.165, 1.54) is 0 Å². The van der Waals surface area contributed by atoms with E-state index in [9.17, 15) is 9.59 Å². The third-order valence-corrected chi connectivity index (χ3v) is 7.11. The van der Waals surface area contributed by atoms with Crippen molar-refractivity contribution in [1.82, 2.24) is 10.2 Å². The van der Waals surface area contributed by atoms with E-state index in [-0.39, 0.29) is 30.0 Å². The third kappa shape index (κ3) is 5.79. The predicted molar refractivity (Wildman–Crippen MR) is 144 cm³/mol. The number of alkyl carbamates (subject to hydrolysis) is 1. The van der Waals surface area contributed by atoms with Crippen LogP contribution in [0.25, 0.3) is 0 Å². The molecule has 0 aliphatic carbocycles. The van der Waals surface area contributed by atoms with Gasteiger partial charge in [0.05, 0.1) is 31.2 Å². The second kappa shape index (κ2) is 11.1. The number of amides is 2. The molecule has 1 fully saturated rings. The van der Waals surface area contributed by atoms with Gasteiger partial charge in [0.15, 0.2) is 0 Å². The highest BCUT2D eigenvalue weighted by atomic mass is 16.5. The SMILES string of the molecule is COc1ccc([C@H](C)N2C(=O)[C@H]([C@H](NC(=O)OCc3ccccc3)C(C)(C)C)[C@H]2c2ccccc2)cc1. The molecular formula is C31H36N2O4. The molecule has 6 heteroatoms. The van der Waals surface area contributed by atoms with Gasteiger partial charge in [0.25, 0.3) is 0 Å². The minimum absolute atomic E-state index is 0.0143. The van der Waals surface area contributed by atoms with E-state index in [2.05, 4.69) is 5.32 Å². The largest absolute Gasteiger partial charge is 0.497 e. The number of benzene rings is 3. The molecule has 0 unspecified atom stereocenters. The lowest BCUT2D eigenvalue weighted by Crippen LogP contribution is -2.65. The van der Waals surface area contributed by atoms with E-state index in [0.29, 0.717) is 0 Å². The van der Waals surface area contributed by atoms with Gasteiger partial charge in [0.2, 0.25) is 5.91 Å². The molecule has 1 aliphatic heterocycles. The van der Waals surface area contributed by atoms with Crippen molar-refractivity contribution in [3.63, 3.8) is 0 Å². The molecule has 1 heterocycles. The maximum Gasteiger partial charge on any atom is 0.407 e. The minimum atomic E-state index is -0.523. The number of hydrogen-bond acceptors (Lipinski definition) is 4.